The first-order valence-corrected chi connectivity index (χ1v) is 7.46. The third-order valence-corrected chi connectivity index (χ3v) is 3.95. The minimum Gasteiger partial charge on any atom is -0.457 e. The van der Waals surface area contributed by atoms with Crippen LogP contribution in [0.5, 0.6) is 11.5 Å². The van der Waals surface area contributed by atoms with E-state index in [2.05, 4.69) is 5.32 Å². The SMILES string of the molecule is Cc1ccc(Oc2cccc(Cl)c2CNC2CC2)cc1F. The van der Waals surface area contributed by atoms with Crippen LogP contribution in [0.4, 0.5) is 4.39 Å². The van der Waals surface area contributed by atoms with Crippen molar-refractivity contribution >= 4 is 11.6 Å². The molecule has 2 aromatic carbocycles. The minimum absolute atomic E-state index is 0.271. The quantitative estimate of drug-likeness (QED) is 0.854. The van der Waals surface area contributed by atoms with Crippen molar-refractivity contribution in [1.29, 1.82) is 0 Å². The first-order valence-electron chi connectivity index (χ1n) is 7.08. The molecule has 1 fully saturated rings. The highest BCUT2D eigenvalue weighted by molar-refractivity contribution is 6.31. The Morgan fingerprint density at radius 2 is 2.10 bits per heavy atom. The predicted molar refractivity (Wildman–Crippen MR) is 82.5 cm³/mol. The van der Waals surface area contributed by atoms with Crippen molar-refractivity contribution in [3.8, 4) is 11.5 Å². The zero-order valence-corrected chi connectivity index (χ0v) is 12.6. The molecule has 0 amide bonds. The van der Waals surface area contributed by atoms with Gasteiger partial charge in [-0.25, -0.2) is 4.39 Å². The number of halogens is 2. The summed E-state index contributed by atoms with van der Waals surface area (Å²) in [5.74, 6) is 0.874. The number of nitrogens with one attached hydrogen (secondary N) is 1. The summed E-state index contributed by atoms with van der Waals surface area (Å²) in [6, 6.07) is 11.0. The molecule has 0 heterocycles. The van der Waals surface area contributed by atoms with Gasteiger partial charge in [-0.05, 0) is 43.5 Å². The molecule has 3 rings (SSSR count). The number of aryl methyl sites for hydroxylation is 1. The molecular formula is C17H17ClFNO. The van der Waals surface area contributed by atoms with Crippen molar-refractivity contribution in [3.63, 3.8) is 0 Å². The highest BCUT2D eigenvalue weighted by Crippen LogP contribution is 2.32. The van der Waals surface area contributed by atoms with Crippen LogP contribution in [0.1, 0.15) is 24.0 Å². The highest BCUT2D eigenvalue weighted by atomic mass is 35.5. The molecule has 0 saturated heterocycles. The Morgan fingerprint density at radius 1 is 1.29 bits per heavy atom. The van der Waals surface area contributed by atoms with Crippen LogP contribution in [0.3, 0.4) is 0 Å². The molecule has 2 nitrogen and oxygen atoms in total. The Kier molecular flexibility index (Phi) is 4.13. The van der Waals surface area contributed by atoms with E-state index in [1.807, 2.05) is 18.2 Å². The van der Waals surface area contributed by atoms with Crippen LogP contribution in [-0.4, -0.2) is 6.04 Å². The average molecular weight is 306 g/mol. The van der Waals surface area contributed by atoms with Gasteiger partial charge in [0.15, 0.2) is 0 Å². The summed E-state index contributed by atoms with van der Waals surface area (Å²) in [5, 5.41) is 4.08. The van der Waals surface area contributed by atoms with Crippen LogP contribution in [0.2, 0.25) is 5.02 Å². The molecule has 1 aliphatic rings. The van der Waals surface area contributed by atoms with Crippen LogP contribution >= 0.6 is 11.6 Å². The number of hydrogen-bond acceptors (Lipinski definition) is 2. The van der Waals surface area contributed by atoms with Crippen LogP contribution < -0.4 is 10.1 Å². The fourth-order valence-electron chi connectivity index (χ4n) is 2.10. The molecule has 4 heteroatoms. The summed E-state index contributed by atoms with van der Waals surface area (Å²) >= 11 is 6.26. The summed E-state index contributed by atoms with van der Waals surface area (Å²) < 4.78 is 19.4. The van der Waals surface area contributed by atoms with E-state index in [9.17, 15) is 4.39 Å². The largest absolute Gasteiger partial charge is 0.457 e. The van der Waals surface area contributed by atoms with Gasteiger partial charge >= 0.3 is 0 Å². The van der Waals surface area contributed by atoms with Gasteiger partial charge < -0.3 is 10.1 Å². The highest BCUT2D eigenvalue weighted by Gasteiger charge is 2.21. The molecule has 0 radical (unpaired) electrons. The van der Waals surface area contributed by atoms with E-state index in [1.54, 1.807) is 19.1 Å². The number of hydrogen-bond donors (Lipinski definition) is 1. The van der Waals surface area contributed by atoms with Gasteiger partial charge in [0.25, 0.3) is 0 Å². The maximum absolute atomic E-state index is 13.6. The Hall–Kier alpha value is -1.58. The molecule has 1 aliphatic carbocycles. The molecular weight excluding hydrogens is 289 g/mol. The smallest absolute Gasteiger partial charge is 0.133 e. The van der Waals surface area contributed by atoms with Gasteiger partial charge in [-0.3, -0.25) is 0 Å². The normalized spacial score (nSPS) is 14.2. The van der Waals surface area contributed by atoms with Gasteiger partial charge in [0.1, 0.15) is 17.3 Å². The average Bonchev–Trinajstić information content (AvgIpc) is 3.26. The number of ether oxygens (including phenoxy) is 1. The second-order valence-electron chi connectivity index (χ2n) is 5.38. The fourth-order valence-corrected chi connectivity index (χ4v) is 2.34. The second-order valence-corrected chi connectivity index (χ2v) is 5.79. The summed E-state index contributed by atoms with van der Waals surface area (Å²) in [6.07, 6.45) is 2.42. The molecule has 0 bridgehead atoms. The van der Waals surface area contributed by atoms with Crippen LogP contribution in [-0.2, 0) is 6.54 Å². The van der Waals surface area contributed by atoms with Crippen LogP contribution in [0, 0.1) is 12.7 Å². The Bertz CT molecular complexity index is 655. The van der Waals surface area contributed by atoms with Crippen LogP contribution in [0.15, 0.2) is 36.4 Å². The van der Waals surface area contributed by atoms with Gasteiger partial charge in [-0.2, -0.15) is 0 Å². The molecule has 21 heavy (non-hydrogen) atoms. The fraction of sp³-hybridized carbons (Fsp3) is 0.294. The van der Waals surface area contributed by atoms with Gasteiger partial charge in [0.05, 0.1) is 0 Å². The molecule has 0 aromatic heterocycles. The third kappa shape index (κ3) is 3.55. The molecule has 110 valence electrons. The summed E-state index contributed by atoms with van der Waals surface area (Å²) in [6.45, 7) is 2.39. The van der Waals surface area contributed by atoms with Gasteiger partial charge in [0.2, 0.25) is 0 Å². The first-order chi connectivity index (χ1) is 10.1. The lowest BCUT2D eigenvalue weighted by Crippen LogP contribution is -2.16. The number of rotatable bonds is 5. The van der Waals surface area contributed by atoms with Gasteiger partial charge in [-0.15, -0.1) is 0 Å². The van der Waals surface area contributed by atoms with E-state index in [1.165, 1.54) is 18.9 Å². The van der Waals surface area contributed by atoms with Crippen molar-refractivity contribution in [2.24, 2.45) is 0 Å². The van der Waals surface area contributed by atoms with E-state index in [0.717, 1.165) is 5.56 Å². The van der Waals surface area contributed by atoms with E-state index in [-0.39, 0.29) is 5.82 Å². The topological polar surface area (TPSA) is 21.3 Å². The van der Waals surface area contributed by atoms with Crippen molar-refractivity contribution in [1.82, 2.24) is 5.32 Å². The monoisotopic (exact) mass is 305 g/mol. The maximum Gasteiger partial charge on any atom is 0.133 e. The first kappa shape index (κ1) is 14.4. The van der Waals surface area contributed by atoms with E-state index < -0.39 is 0 Å². The predicted octanol–water partition coefficient (Wildman–Crippen LogP) is 4.83. The summed E-state index contributed by atoms with van der Waals surface area (Å²) in [7, 11) is 0. The third-order valence-electron chi connectivity index (χ3n) is 3.59. The zero-order chi connectivity index (χ0) is 14.8. The summed E-state index contributed by atoms with van der Waals surface area (Å²) in [5.41, 5.74) is 1.51. The van der Waals surface area contributed by atoms with Crippen molar-refractivity contribution in [3.05, 3.63) is 58.4 Å². The van der Waals surface area contributed by atoms with Crippen LogP contribution in [0.25, 0.3) is 0 Å². The standard InChI is InChI=1S/C17H17ClFNO/c1-11-5-8-13(9-16(11)19)21-17-4-2-3-15(18)14(17)10-20-12-6-7-12/h2-5,8-9,12,20H,6-7,10H2,1H3. The molecule has 1 N–H and O–H groups in total. The Labute approximate surface area is 128 Å². The lowest BCUT2D eigenvalue weighted by atomic mass is 10.2. The molecule has 0 aliphatic heterocycles. The minimum atomic E-state index is -0.271. The Morgan fingerprint density at radius 3 is 2.81 bits per heavy atom. The summed E-state index contributed by atoms with van der Waals surface area (Å²) in [4.78, 5) is 0. The van der Waals surface area contributed by atoms with Crippen molar-refractivity contribution < 1.29 is 9.13 Å². The van der Waals surface area contributed by atoms with Crippen molar-refractivity contribution in [2.45, 2.75) is 32.4 Å². The molecule has 2 aromatic rings. The van der Waals surface area contributed by atoms with E-state index in [4.69, 9.17) is 16.3 Å². The molecule has 0 atom stereocenters. The maximum atomic E-state index is 13.6. The van der Waals surface area contributed by atoms with Gasteiger partial charge in [0, 0.05) is 29.2 Å². The molecule has 0 spiro atoms. The number of benzene rings is 2. The van der Waals surface area contributed by atoms with E-state index >= 15 is 0 Å². The van der Waals surface area contributed by atoms with E-state index in [0.29, 0.717) is 34.7 Å². The molecule has 1 saturated carbocycles. The zero-order valence-electron chi connectivity index (χ0n) is 11.8. The lowest BCUT2D eigenvalue weighted by Gasteiger charge is -2.13. The Balaban J connectivity index is 1.82. The van der Waals surface area contributed by atoms with Crippen molar-refractivity contribution in [2.75, 3.05) is 0 Å². The second kappa shape index (κ2) is 6.04. The van der Waals surface area contributed by atoms with Gasteiger partial charge in [-0.1, -0.05) is 23.7 Å². The molecule has 0 unspecified atom stereocenters. The lowest BCUT2D eigenvalue weighted by molar-refractivity contribution is 0.467.